The molecule has 29 heavy (non-hydrogen) atoms. The van der Waals surface area contributed by atoms with Gasteiger partial charge >= 0.3 is 0 Å². The van der Waals surface area contributed by atoms with Crippen molar-refractivity contribution in [3.8, 4) is 0 Å². The van der Waals surface area contributed by atoms with Crippen molar-refractivity contribution in [2.45, 2.75) is 89.5 Å². The lowest BCUT2D eigenvalue weighted by molar-refractivity contribution is -0.209. The van der Waals surface area contributed by atoms with Crippen LogP contribution in [0, 0.1) is 22.7 Å². The first-order chi connectivity index (χ1) is 13.5. The lowest BCUT2D eigenvalue weighted by Crippen LogP contribution is -2.62. The Hall–Kier alpha value is -1.30. The molecule has 8 atom stereocenters. The van der Waals surface area contributed by atoms with Crippen molar-refractivity contribution >= 4 is 11.6 Å². The highest BCUT2D eigenvalue weighted by atomic mass is 16.8. The number of carbonyl (C=O) groups excluding carboxylic acids is 2. The van der Waals surface area contributed by atoms with Crippen LogP contribution in [0.5, 0.6) is 0 Å². The zero-order chi connectivity index (χ0) is 20.6. The van der Waals surface area contributed by atoms with Gasteiger partial charge < -0.3 is 14.2 Å². The largest absolute Gasteiger partial charge is 0.364 e. The average molecular weight is 398 g/mol. The summed E-state index contributed by atoms with van der Waals surface area (Å²) in [4.78, 5) is 25.1. The molecule has 156 valence electrons. The quantitative estimate of drug-likeness (QED) is 0.633. The molecule has 6 rings (SSSR count). The van der Waals surface area contributed by atoms with E-state index in [0.29, 0.717) is 11.8 Å². The van der Waals surface area contributed by atoms with Gasteiger partial charge in [-0.25, -0.2) is 0 Å². The Kier molecular flexibility index (Phi) is 3.15. The maximum Gasteiger partial charge on any atom is 0.178 e. The van der Waals surface area contributed by atoms with Gasteiger partial charge in [-0.15, -0.1) is 0 Å². The number of carbonyl (C=O) groups is 2. The topological polar surface area (TPSA) is 65.1 Å². The molecule has 2 heterocycles. The van der Waals surface area contributed by atoms with E-state index in [9.17, 15) is 9.59 Å². The van der Waals surface area contributed by atoms with E-state index in [2.05, 4.69) is 19.9 Å². The number of ketones is 2. The van der Waals surface area contributed by atoms with E-state index in [-0.39, 0.29) is 40.2 Å². The number of fused-ring (bicyclic) bond motifs is 5. The third-order valence-corrected chi connectivity index (χ3v) is 9.45. The molecule has 6 aliphatic rings. The summed E-state index contributed by atoms with van der Waals surface area (Å²) in [5, 5.41) is 0. The lowest BCUT2D eigenvalue weighted by Gasteiger charge is -2.56. The second-order valence-corrected chi connectivity index (χ2v) is 11.0. The number of hydrogen-bond donors (Lipinski definition) is 0. The van der Waals surface area contributed by atoms with Crippen LogP contribution in [0.25, 0.3) is 0 Å². The van der Waals surface area contributed by atoms with E-state index in [1.54, 1.807) is 13.0 Å². The standard InChI is InChI=1S/C24H30O5/c1-13(25)23-18(27-20(2,3)29-23)11-17-16-7-6-14-10-15(26)8-9-21(14,4)24(16)19(28-24)12-22(17,23)5/h8-10,16-19H,6-7,11-12H2,1-5H3/t16?,17?,18-,19-,21?,22?,23-,24-/m1/s1. The minimum Gasteiger partial charge on any atom is -0.364 e. The van der Waals surface area contributed by atoms with Gasteiger partial charge in [-0.2, -0.15) is 0 Å². The first-order valence-corrected chi connectivity index (χ1v) is 11.0. The van der Waals surface area contributed by atoms with Crippen LogP contribution in [0.3, 0.4) is 0 Å². The second-order valence-electron chi connectivity index (χ2n) is 11.0. The number of hydrogen-bond acceptors (Lipinski definition) is 5. The van der Waals surface area contributed by atoms with Gasteiger partial charge in [0.25, 0.3) is 0 Å². The molecule has 0 aromatic rings. The Balaban J connectivity index is 1.46. The molecule has 1 spiro atoms. The summed E-state index contributed by atoms with van der Waals surface area (Å²) in [5.41, 5.74) is -0.490. The molecule has 4 unspecified atom stereocenters. The minimum absolute atomic E-state index is 0.0805. The second kappa shape index (κ2) is 4.95. The van der Waals surface area contributed by atoms with Crippen LogP contribution >= 0.6 is 0 Å². The molecule has 0 bridgehead atoms. The molecule has 0 radical (unpaired) electrons. The first-order valence-electron chi connectivity index (χ1n) is 11.0. The predicted molar refractivity (Wildman–Crippen MR) is 105 cm³/mol. The van der Waals surface area contributed by atoms with Gasteiger partial charge in [0.2, 0.25) is 0 Å². The highest BCUT2D eigenvalue weighted by Gasteiger charge is 2.84. The smallest absolute Gasteiger partial charge is 0.178 e. The molecule has 2 aliphatic heterocycles. The van der Waals surface area contributed by atoms with Crippen molar-refractivity contribution in [1.29, 1.82) is 0 Å². The van der Waals surface area contributed by atoms with E-state index in [1.165, 1.54) is 5.57 Å². The molecule has 0 N–H and O–H groups in total. The van der Waals surface area contributed by atoms with E-state index in [4.69, 9.17) is 14.2 Å². The summed E-state index contributed by atoms with van der Waals surface area (Å²) in [7, 11) is 0. The van der Waals surface area contributed by atoms with E-state index < -0.39 is 11.4 Å². The van der Waals surface area contributed by atoms with E-state index >= 15 is 0 Å². The van der Waals surface area contributed by atoms with Crippen molar-refractivity contribution in [3.05, 3.63) is 23.8 Å². The molecule has 3 saturated carbocycles. The number of allylic oxidation sites excluding steroid dienone is 2. The summed E-state index contributed by atoms with van der Waals surface area (Å²) in [6.45, 7) is 9.97. The Morgan fingerprint density at radius 1 is 1.10 bits per heavy atom. The van der Waals surface area contributed by atoms with Crippen LogP contribution in [0.1, 0.15) is 60.3 Å². The molecule has 5 nitrogen and oxygen atoms in total. The van der Waals surface area contributed by atoms with Crippen LogP contribution < -0.4 is 0 Å². The fourth-order valence-electron chi connectivity index (χ4n) is 8.39. The van der Waals surface area contributed by atoms with Gasteiger partial charge in [-0.1, -0.05) is 18.6 Å². The molecular weight excluding hydrogens is 368 g/mol. The fraction of sp³-hybridized carbons (Fsp3) is 0.750. The molecule has 0 aromatic carbocycles. The minimum atomic E-state index is -0.894. The molecule has 0 aromatic heterocycles. The van der Waals surface area contributed by atoms with Crippen molar-refractivity contribution < 1.29 is 23.8 Å². The van der Waals surface area contributed by atoms with E-state index in [0.717, 1.165) is 25.7 Å². The zero-order valence-corrected chi connectivity index (χ0v) is 17.9. The Labute approximate surface area is 171 Å². The van der Waals surface area contributed by atoms with Crippen LogP contribution in [0.15, 0.2) is 23.8 Å². The molecule has 5 heteroatoms. The number of epoxide rings is 1. The zero-order valence-electron chi connectivity index (χ0n) is 17.9. The summed E-state index contributed by atoms with van der Waals surface area (Å²) in [6.07, 6.45) is 9.04. The number of Topliss-reactive ketones (excluding diaryl/α,β-unsaturated/α-hetero) is 1. The van der Waals surface area contributed by atoms with E-state index in [1.807, 2.05) is 19.9 Å². The third-order valence-electron chi connectivity index (χ3n) is 9.45. The highest BCUT2D eigenvalue weighted by Crippen LogP contribution is 2.77. The van der Waals surface area contributed by atoms with Gasteiger partial charge in [0, 0.05) is 10.8 Å². The van der Waals surface area contributed by atoms with Gasteiger partial charge in [0.15, 0.2) is 23.0 Å². The predicted octanol–water partition coefficient (Wildman–Crippen LogP) is 3.51. The van der Waals surface area contributed by atoms with Gasteiger partial charge in [-0.05, 0) is 77.4 Å². The van der Waals surface area contributed by atoms with Crippen LogP contribution in [-0.2, 0) is 23.8 Å². The van der Waals surface area contributed by atoms with Crippen molar-refractivity contribution in [1.82, 2.24) is 0 Å². The molecular formula is C24H30O5. The third kappa shape index (κ3) is 1.82. The average Bonchev–Trinajstić information content (AvgIpc) is 3.19. The van der Waals surface area contributed by atoms with Crippen molar-refractivity contribution in [2.75, 3.05) is 0 Å². The van der Waals surface area contributed by atoms with Gasteiger partial charge in [0.05, 0.1) is 12.2 Å². The maximum atomic E-state index is 13.1. The fourth-order valence-corrected chi connectivity index (χ4v) is 8.39. The van der Waals surface area contributed by atoms with Gasteiger partial charge in [-0.3, -0.25) is 9.59 Å². The summed E-state index contributed by atoms with van der Waals surface area (Å²) >= 11 is 0. The monoisotopic (exact) mass is 398 g/mol. The summed E-state index contributed by atoms with van der Waals surface area (Å²) in [5.74, 6) is 0.0562. The number of ether oxygens (including phenoxy) is 3. The van der Waals surface area contributed by atoms with Crippen molar-refractivity contribution in [2.24, 2.45) is 22.7 Å². The summed E-state index contributed by atoms with van der Waals surface area (Å²) in [6, 6.07) is 0. The van der Waals surface area contributed by atoms with Gasteiger partial charge in [0.1, 0.15) is 5.60 Å². The summed E-state index contributed by atoms with van der Waals surface area (Å²) < 4.78 is 19.4. The first kappa shape index (κ1) is 18.5. The van der Waals surface area contributed by atoms with Crippen LogP contribution in [-0.4, -0.2) is 40.8 Å². The number of rotatable bonds is 1. The Morgan fingerprint density at radius 3 is 2.59 bits per heavy atom. The van der Waals surface area contributed by atoms with Crippen LogP contribution in [0.4, 0.5) is 0 Å². The molecule has 2 saturated heterocycles. The molecule has 4 aliphatic carbocycles. The normalized spacial score (nSPS) is 55.9. The van der Waals surface area contributed by atoms with Crippen molar-refractivity contribution in [3.63, 3.8) is 0 Å². The molecule has 0 amide bonds. The molecule has 5 fully saturated rings. The highest BCUT2D eigenvalue weighted by molar-refractivity contribution is 6.01. The Morgan fingerprint density at radius 2 is 1.86 bits per heavy atom. The Bertz CT molecular complexity index is 916. The lowest BCUT2D eigenvalue weighted by atomic mass is 9.47. The van der Waals surface area contributed by atoms with Crippen LogP contribution in [0.2, 0.25) is 0 Å². The maximum absolute atomic E-state index is 13.1. The SMILES string of the molecule is CC(=O)[C@@]12OC(C)(C)O[C@@H]1CC1C3CCC4=CC(=O)C=CC4(C)[C@@]34O[C@@H]4CC12C.